The van der Waals surface area contributed by atoms with Crippen LogP contribution in [0.1, 0.15) is 79.6 Å². The average molecular weight is 478 g/mol. The zero-order chi connectivity index (χ0) is 26.1. The molecular weight excluding hydrogens is 430 g/mol. The summed E-state index contributed by atoms with van der Waals surface area (Å²) < 4.78 is 0. The fourth-order valence-electron chi connectivity index (χ4n) is 3.83. The van der Waals surface area contributed by atoms with Crippen LogP contribution in [0.5, 0.6) is 0 Å². The Morgan fingerprint density at radius 2 is 1.83 bits per heavy atom. The molecule has 1 aliphatic carbocycles. The summed E-state index contributed by atoms with van der Waals surface area (Å²) in [6.07, 6.45) is 17.2. The molecule has 2 fully saturated rings. The summed E-state index contributed by atoms with van der Waals surface area (Å²) in [7, 11) is 0. The maximum atomic E-state index is 8.83. The van der Waals surface area contributed by atoms with E-state index in [1.165, 1.54) is 5.70 Å². The summed E-state index contributed by atoms with van der Waals surface area (Å²) in [6.45, 7) is 18.5. The number of aliphatic imine (C=N–C) groups is 1. The lowest BCUT2D eigenvalue weighted by Gasteiger charge is -2.32. The van der Waals surface area contributed by atoms with Gasteiger partial charge < -0.3 is 15.6 Å². The van der Waals surface area contributed by atoms with Crippen LogP contribution in [0.25, 0.3) is 0 Å². The van der Waals surface area contributed by atoms with Crippen molar-refractivity contribution in [3.63, 3.8) is 0 Å². The highest BCUT2D eigenvalue weighted by Gasteiger charge is 2.31. The van der Waals surface area contributed by atoms with Gasteiger partial charge in [0, 0.05) is 61.0 Å². The predicted molar refractivity (Wildman–Crippen MR) is 152 cm³/mol. The number of allylic oxidation sites excluding steroid dienone is 8. The molecule has 5 heteroatoms. The third-order valence-corrected chi connectivity index (χ3v) is 5.99. The van der Waals surface area contributed by atoms with Crippen molar-refractivity contribution in [2.24, 2.45) is 10.9 Å². The second-order valence-electron chi connectivity index (χ2n) is 9.20. The number of piperazine rings is 1. The van der Waals surface area contributed by atoms with Crippen LogP contribution in [0.3, 0.4) is 0 Å². The quantitative estimate of drug-likeness (QED) is 0.178. The molecule has 192 valence electrons. The van der Waals surface area contributed by atoms with Gasteiger partial charge in [0.2, 0.25) is 0 Å². The predicted octanol–water partition coefficient (Wildman–Crippen LogP) is 7.13. The Kier molecular flexibility index (Phi) is 15.3. The summed E-state index contributed by atoms with van der Waals surface area (Å²) in [5.74, 6) is 0.457. The Hall–Kier alpha value is -2.71. The highest BCUT2D eigenvalue weighted by Crippen LogP contribution is 2.34. The van der Waals surface area contributed by atoms with Gasteiger partial charge in [-0.05, 0) is 58.1 Å². The lowest BCUT2D eigenvalue weighted by atomic mass is 9.99. The molecule has 1 saturated carbocycles. The van der Waals surface area contributed by atoms with Crippen molar-refractivity contribution in [1.29, 1.82) is 10.7 Å². The minimum atomic E-state index is 0.457. The second kappa shape index (κ2) is 17.7. The van der Waals surface area contributed by atoms with E-state index in [9.17, 15) is 0 Å². The van der Waals surface area contributed by atoms with Crippen LogP contribution in [-0.2, 0) is 0 Å². The molecule has 2 rings (SSSR count). The molecule has 1 heterocycles. The first-order valence-electron chi connectivity index (χ1n) is 13.3. The third-order valence-electron chi connectivity index (χ3n) is 5.99. The Labute approximate surface area is 214 Å². The van der Waals surface area contributed by atoms with Crippen LogP contribution in [0.4, 0.5) is 0 Å². The highest BCUT2D eigenvalue weighted by molar-refractivity contribution is 6.24. The lowest BCUT2D eigenvalue weighted by molar-refractivity contribution is 0.299. The first-order valence-corrected chi connectivity index (χ1v) is 13.3. The van der Waals surface area contributed by atoms with Crippen molar-refractivity contribution < 1.29 is 0 Å². The van der Waals surface area contributed by atoms with Crippen LogP contribution >= 0.6 is 0 Å². The van der Waals surface area contributed by atoms with E-state index < -0.39 is 0 Å². The van der Waals surface area contributed by atoms with Gasteiger partial charge in [0.15, 0.2) is 0 Å². The first kappa shape index (κ1) is 30.3. The molecule has 1 saturated heterocycles. The van der Waals surface area contributed by atoms with E-state index in [1.807, 2.05) is 31.4 Å². The Balaban J connectivity index is 0.000000383. The number of nitrogens with one attached hydrogen (secondary N) is 2. The molecule has 0 unspecified atom stereocenters. The first-order chi connectivity index (χ1) is 16.9. The Morgan fingerprint density at radius 3 is 2.37 bits per heavy atom. The third kappa shape index (κ3) is 12.0. The van der Waals surface area contributed by atoms with E-state index in [0.717, 1.165) is 93.7 Å². The van der Waals surface area contributed by atoms with Gasteiger partial charge in [0.1, 0.15) is 0 Å². The molecule has 0 spiro atoms. The number of unbranched alkanes of at least 4 members (excludes halogenated alkanes) is 1. The van der Waals surface area contributed by atoms with Crippen LogP contribution in [0.15, 0.2) is 64.5 Å². The average Bonchev–Trinajstić information content (AvgIpc) is 3.70. The van der Waals surface area contributed by atoms with Gasteiger partial charge in [0.25, 0.3) is 0 Å². The molecule has 1 aliphatic heterocycles. The fraction of sp³-hybridized carbons (Fsp3) is 0.567. The molecule has 0 aromatic heterocycles. The minimum Gasteiger partial charge on any atom is -0.372 e. The number of nitrogens with zero attached hydrogens (tertiary/aromatic N) is 3. The molecule has 0 radical (unpaired) electrons. The zero-order valence-corrected chi connectivity index (χ0v) is 22.8. The van der Waals surface area contributed by atoms with Crippen molar-refractivity contribution in [3.8, 4) is 6.07 Å². The van der Waals surface area contributed by atoms with E-state index in [1.54, 1.807) is 0 Å². The molecule has 0 atom stereocenters. The maximum Gasteiger partial charge on any atom is 0.0991 e. The van der Waals surface area contributed by atoms with E-state index in [0.29, 0.717) is 11.5 Å². The van der Waals surface area contributed by atoms with E-state index in [2.05, 4.69) is 61.6 Å². The standard InChI is InChI=1S/C17H28N4.C13H19N/c1-4-5-8-20-13(2)16(17(18)15-6-7-15)14(3)21-11-9-19-10-12-21;1-4-6-7-9-13(11-14)10-12(3)8-5-2/h5,8,15,18-19H,4,6-7,9-12H2,1-3H3;7,9-10H,3-6,8H2,1-2H3/b8-5+,16-14-,18-17?,20-13+;9-7-,13-10+. The molecule has 35 heavy (non-hydrogen) atoms. The summed E-state index contributed by atoms with van der Waals surface area (Å²) in [4.78, 5) is 6.95. The van der Waals surface area contributed by atoms with Gasteiger partial charge in [0.05, 0.1) is 11.6 Å². The number of rotatable bonds is 12. The second-order valence-corrected chi connectivity index (χ2v) is 9.20. The van der Waals surface area contributed by atoms with Crippen molar-refractivity contribution in [1.82, 2.24) is 10.2 Å². The molecule has 2 aliphatic rings. The monoisotopic (exact) mass is 477 g/mol. The largest absolute Gasteiger partial charge is 0.372 e. The molecule has 2 N–H and O–H groups in total. The van der Waals surface area contributed by atoms with Gasteiger partial charge >= 0.3 is 0 Å². The minimum absolute atomic E-state index is 0.457. The van der Waals surface area contributed by atoms with Crippen LogP contribution in [-0.4, -0.2) is 42.5 Å². The molecule has 0 aromatic rings. The summed E-state index contributed by atoms with van der Waals surface area (Å²) in [5.41, 5.74) is 5.80. The van der Waals surface area contributed by atoms with Crippen LogP contribution < -0.4 is 5.32 Å². The van der Waals surface area contributed by atoms with Gasteiger partial charge in [-0.1, -0.05) is 57.9 Å². The van der Waals surface area contributed by atoms with Crippen molar-refractivity contribution >= 4 is 11.4 Å². The van der Waals surface area contributed by atoms with Crippen LogP contribution in [0, 0.1) is 22.7 Å². The van der Waals surface area contributed by atoms with E-state index >= 15 is 0 Å². The van der Waals surface area contributed by atoms with Gasteiger partial charge in [-0.25, -0.2) is 0 Å². The smallest absolute Gasteiger partial charge is 0.0991 e. The summed E-state index contributed by atoms with van der Waals surface area (Å²) >= 11 is 0. The number of hydrogen-bond acceptors (Lipinski definition) is 5. The van der Waals surface area contributed by atoms with E-state index in [4.69, 9.17) is 10.7 Å². The molecule has 0 bridgehead atoms. The van der Waals surface area contributed by atoms with Crippen LogP contribution in [0.2, 0.25) is 0 Å². The zero-order valence-electron chi connectivity index (χ0n) is 22.8. The molecule has 0 aromatic carbocycles. The number of hydrogen-bond donors (Lipinski definition) is 2. The maximum absolute atomic E-state index is 8.83. The molecule has 0 amide bonds. The van der Waals surface area contributed by atoms with Gasteiger partial charge in [-0.3, -0.25) is 4.99 Å². The molecule has 5 nitrogen and oxygen atoms in total. The highest BCUT2D eigenvalue weighted by atomic mass is 15.2. The van der Waals surface area contributed by atoms with Crippen molar-refractivity contribution in [2.45, 2.75) is 79.6 Å². The topological polar surface area (TPSA) is 75.3 Å². The lowest BCUT2D eigenvalue weighted by Crippen LogP contribution is -2.43. The van der Waals surface area contributed by atoms with E-state index in [-0.39, 0.29) is 0 Å². The van der Waals surface area contributed by atoms with Gasteiger partial charge in [-0.15, -0.1) is 0 Å². The van der Waals surface area contributed by atoms with Gasteiger partial charge in [-0.2, -0.15) is 5.26 Å². The fourth-order valence-corrected chi connectivity index (χ4v) is 3.83. The Morgan fingerprint density at radius 1 is 1.14 bits per heavy atom. The van der Waals surface area contributed by atoms with Crippen molar-refractivity contribution in [3.05, 3.63) is 59.5 Å². The van der Waals surface area contributed by atoms with Crippen molar-refractivity contribution in [2.75, 3.05) is 26.2 Å². The Bertz CT molecular complexity index is 869. The SMILES string of the molecule is C=C(/C=C(C#N)\C=C/CCC)CCC.CC/C=C/N=C(C)/C(C(=N)C1CC1)=C(\C)N1CCNCC1. The summed E-state index contributed by atoms with van der Waals surface area (Å²) in [5, 5.41) is 20.7. The molecular formula is C30H47N5. The summed E-state index contributed by atoms with van der Waals surface area (Å²) in [6, 6.07) is 2.16. The normalized spacial score (nSPS) is 17.7. The number of nitriles is 1.